The van der Waals surface area contributed by atoms with Crippen molar-refractivity contribution >= 4 is 34.0 Å². The van der Waals surface area contributed by atoms with Gasteiger partial charge in [-0.2, -0.15) is 17.5 Å². The molecule has 24 heavy (non-hydrogen) atoms. The maximum absolute atomic E-state index is 13.2. The van der Waals surface area contributed by atoms with Crippen molar-refractivity contribution in [3.05, 3.63) is 28.8 Å². The number of sulfonamides is 1. The quantitative estimate of drug-likeness (QED) is 0.831. The minimum absolute atomic E-state index is 0. The fourth-order valence-electron chi connectivity index (χ4n) is 2.80. The number of hydrogen-bond donors (Lipinski definition) is 1. The van der Waals surface area contributed by atoms with Gasteiger partial charge < -0.3 is 5.73 Å². The number of alkyl halides is 3. The lowest BCUT2D eigenvalue weighted by Crippen LogP contribution is -2.41. The number of hydrogen-bond acceptors (Lipinski definition) is 3. The Morgan fingerprint density at radius 3 is 2.58 bits per heavy atom. The van der Waals surface area contributed by atoms with Gasteiger partial charge in [0, 0.05) is 18.1 Å². The van der Waals surface area contributed by atoms with Gasteiger partial charge in [0.15, 0.2) is 0 Å². The van der Waals surface area contributed by atoms with Crippen LogP contribution in [-0.4, -0.2) is 32.4 Å². The molecule has 0 amide bonds. The minimum atomic E-state index is -4.79. The van der Waals surface area contributed by atoms with Gasteiger partial charge in [0.05, 0.1) is 10.5 Å². The summed E-state index contributed by atoms with van der Waals surface area (Å²) in [7, 11) is -4.23. The van der Waals surface area contributed by atoms with Crippen LogP contribution < -0.4 is 5.73 Å². The van der Waals surface area contributed by atoms with Crippen molar-refractivity contribution in [3.63, 3.8) is 0 Å². The molecule has 1 aromatic rings. The molecule has 1 saturated heterocycles. The Bertz CT molecular complexity index is 666. The predicted molar refractivity (Wildman–Crippen MR) is 88.9 cm³/mol. The van der Waals surface area contributed by atoms with E-state index >= 15 is 0 Å². The largest absolute Gasteiger partial charge is 0.417 e. The molecule has 4 nitrogen and oxygen atoms in total. The smallest absolute Gasteiger partial charge is 0.330 e. The zero-order valence-corrected chi connectivity index (χ0v) is 15.1. The topological polar surface area (TPSA) is 63.4 Å². The highest BCUT2D eigenvalue weighted by Crippen LogP contribution is 2.37. The van der Waals surface area contributed by atoms with Gasteiger partial charge in [-0.3, -0.25) is 0 Å². The molecule has 0 bridgehead atoms. The SMILES string of the molecule is Cl.NCCC1CCCN(S(=O)(=O)c2ccc(Cl)cc2C(F)(F)F)C1. The molecule has 0 saturated carbocycles. The first-order valence-corrected chi connectivity index (χ1v) is 9.05. The highest BCUT2D eigenvalue weighted by atomic mass is 35.5. The molecule has 10 heteroatoms. The summed E-state index contributed by atoms with van der Waals surface area (Å²) in [5.41, 5.74) is 4.26. The Balaban J connectivity index is 0.00000288. The zero-order valence-electron chi connectivity index (χ0n) is 12.7. The molecule has 1 unspecified atom stereocenters. The summed E-state index contributed by atoms with van der Waals surface area (Å²) in [6.45, 7) is 0.829. The minimum Gasteiger partial charge on any atom is -0.330 e. The van der Waals surface area contributed by atoms with Crippen LogP contribution in [0.3, 0.4) is 0 Å². The summed E-state index contributed by atoms with van der Waals surface area (Å²) in [5.74, 6) is 0.0742. The average molecular weight is 407 g/mol. The molecule has 1 fully saturated rings. The van der Waals surface area contributed by atoms with Crippen LogP contribution in [0.4, 0.5) is 13.2 Å². The van der Waals surface area contributed by atoms with Crippen LogP contribution >= 0.6 is 24.0 Å². The summed E-state index contributed by atoms with van der Waals surface area (Å²) < 4.78 is 66.0. The van der Waals surface area contributed by atoms with Crippen LogP contribution in [0.5, 0.6) is 0 Å². The molecule has 1 atom stereocenters. The fourth-order valence-corrected chi connectivity index (χ4v) is 4.72. The second kappa shape index (κ2) is 8.23. The van der Waals surface area contributed by atoms with Crippen LogP contribution in [0, 0.1) is 5.92 Å². The number of benzene rings is 1. The summed E-state index contributed by atoms with van der Waals surface area (Å²) >= 11 is 5.60. The molecule has 0 spiro atoms. The molecule has 0 aromatic heterocycles. The highest BCUT2D eigenvalue weighted by molar-refractivity contribution is 7.89. The average Bonchev–Trinajstić information content (AvgIpc) is 2.46. The van der Waals surface area contributed by atoms with E-state index in [1.165, 1.54) is 0 Å². The standard InChI is InChI=1S/C14H18ClF3N2O2S.ClH/c15-11-3-4-13(12(8-11)14(16,17)18)23(21,22)20-7-1-2-10(9-20)5-6-19;/h3-4,8,10H,1-2,5-7,9,19H2;1H. The molecule has 1 heterocycles. The van der Waals surface area contributed by atoms with E-state index in [0.29, 0.717) is 25.5 Å². The maximum atomic E-state index is 13.2. The van der Waals surface area contributed by atoms with Crippen LogP contribution in [-0.2, 0) is 16.2 Å². The number of piperidine rings is 1. The van der Waals surface area contributed by atoms with Gasteiger partial charge in [0.2, 0.25) is 10.0 Å². The number of nitrogens with zero attached hydrogens (tertiary/aromatic N) is 1. The molecular weight excluding hydrogens is 388 g/mol. The van der Waals surface area contributed by atoms with E-state index in [1.807, 2.05) is 0 Å². The first-order valence-electron chi connectivity index (χ1n) is 7.23. The van der Waals surface area contributed by atoms with Gasteiger partial charge in [-0.15, -0.1) is 12.4 Å². The monoisotopic (exact) mass is 406 g/mol. The van der Waals surface area contributed by atoms with Crippen molar-refractivity contribution in [2.75, 3.05) is 19.6 Å². The summed E-state index contributed by atoms with van der Waals surface area (Å²) in [6.07, 6.45) is -2.70. The molecule has 2 N–H and O–H groups in total. The van der Waals surface area contributed by atoms with E-state index in [-0.39, 0.29) is 36.4 Å². The van der Waals surface area contributed by atoms with Gasteiger partial charge in [-0.05, 0) is 49.9 Å². The molecule has 0 aliphatic carbocycles. The predicted octanol–water partition coefficient (Wildman–Crippen LogP) is 3.53. The third kappa shape index (κ3) is 4.76. The fraction of sp³-hybridized carbons (Fsp3) is 0.571. The van der Waals surface area contributed by atoms with Crippen LogP contribution in [0.15, 0.2) is 23.1 Å². The molecule has 1 aliphatic rings. The van der Waals surface area contributed by atoms with Gasteiger partial charge >= 0.3 is 6.18 Å². The Hall–Kier alpha value is -0.540. The van der Waals surface area contributed by atoms with Crippen LogP contribution in [0.2, 0.25) is 5.02 Å². The first-order chi connectivity index (χ1) is 10.7. The van der Waals surface area contributed by atoms with E-state index in [1.54, 1.807) is 0 Å². The third-order valence-corrected chi connectivity index (χ3v) is 6.08. The van der Waals surface area contributed by atoms with Gasteiger partial charge in [0.1, 0.15) is 0 Å². The summed E-state index contributed by atoms with van der Waals surface area (Å²) in [5, 5.41) is -0.157. The molecule has 1 aromatic carbocycles. The van der Waals surface area contributed by atoms with Crippen LogP contribution in [0.25, 0.3) is 0 Å². The van der Waals surface area contributed by atoms with E-state index < -0.39 is 26.7 Å². The maximum Gasteiger partial charge on any atom is 0.417 e. The number of nitrogens with two attached hydrogens (primary N) is 1. The van der Waals surface area contributed by atoms with E-state index in [9.17, 15) is 21.6 Å². The van der Waals surface area contributed by atoms with Crippen molar-refractivity contribution in [2.45, 2.75) is 30.3 Å². The summed E-state index contributed by atoms with van der Waals surface area (Å²) in [6, 6.07) is 2.73. The van der Waals surface area contributed by atoms with Crippen LogP contribution in [0.1, 0.15) is 24.8 Å². The lowest BCUT2D eigenvalue weighted by atomic mass is 9.96. The zero-order chi connectivity index (χ0) is 17.3. The van der Waals surface area contributed by atoms with Gasteiger partial charge in [0.25, 0.3) is 0 Å². The van der Waals surface area contributed by atoms with Crippen molar-refractivity contribution < 1.29 is 21.6 Å². The van der Waals surface area contributed by atoms with Crippen molar-refractivity contribution in [2.24, 2.45) is 11.7 Å². The Morgan fingerprint density at radius 1 is 1.33 bits per heavy atom. The van der Waals surface area contributed by atoms with Crippen molar-refractivity contribution in [1.29, 1.82) is 0 Å². The molecule has 0 radical (unpaired) electrons. The van der Waals surface area contributed by atoms with E-state index in [0.717, 1.165) is 22.9 Å². The molecule has 2 rings (SSSR count). The van der Waals surface area contributed by atoms with Crippen molar-refractivity contribution in [3.8, 4) is 0 Å². The Kier molecular flexibility index (Phi) is 7.37. The van der Waals surface area contributed by atoms with Gasteiger partial charge in [-0.1, -0.05) is 11.6 Å². The van der Waals surface area contributed by atoms with Crippen molar-refractivity contribution in [1.82, 2.24) is 4.31 Å². The first kappa shape index (κ1) is 21.5. The second-order valence-corrected chi connectivity index (χ2v) is 7.93. The van der Waals surface area contributed by atoms with E-state index in [2.05, 4.69) is 0 Å². The Labute approximate surface area is 150 Å². The molecule has 138 valence electrons. The normalized spacial score (nSPS) is 19.8. The Morgan fingerprint density at radius 2 is 2.00 bits per heavy atom. The second-order valence-electron chi connectivity index (χ2n) is 5.59. The number of rotatable bonds is 4. The lowest BCUT2D eigenvalue weighted by molar-refractivity contribution is -0.139. The highest BCUT2D eigenvalue weighted by Gasteiger charge is 2.40. The number of halogens is 5. The molecule has 1 aliphatic heterocycles. The lowest BCUT2D eigenvalue weighted by Gasteiger charge is -2.32. The third-order valence-electron chi connectivity index (χ3n) is 3.92. The molecular formula is C14H19Cl2F3N2O2S. The van der Waals surface area contributed by atoms with E-state index in [4.69, 9.17) is 17.3 Å². The van der Waals surface area contributed by atoms with Gasteiger partial charge in [-0.25, -0.2) is 8.42 Å². The summed E-state index contributed by atoms with van der Waals surface area (Å²) in [4.78, 5) is -0.747.